The number of nitrogens with one attached hydrogen (secondary N) is 1. The van der Waals surface area contributed by atoms with Gasteiger partial charge in [0.15, 0.2) is 5.78 Å². The number of carbonyl (C=O) groups is 2. The zero-order chi connectivity index (χ0) is 26.6. The number of hydrogen-bond acceptors (Lipinski definition) is 5. The lowest BCUT2D eigenvalue weighted by atomic mass is 10.0. The fraction of sp³-hybridized carbons (Fsp3) is 0.167. The maximum atomic E-state index is 11.8. The van der Waals surface area contributed by atoms with Gasteiger partial charge in [0.1, 0.15) is 5.69 Å². The summed E-state index contributed by atoms with van der Waals surface area (Å²) in [4.78, 5) is 23.4. The second kappa shape index (κ2) is 10.6. The lowest BCUT2D eigenvalue weighted by Crippen LogP contribution is -2.18. The summed E-state index contributed by atoms with van der Waals surface area (Å²) in [5.74, 6) is -0.155. The Hall–Kier alpha value is -4.85. The zero-order valence-corrected chi connectivity index (χ0v) is 21.5. The minimum absolute atomic E-state index is 0.0225. The highest BCUT2D eigenvalue weighted by molar-refractivity contribution is 5.91. The van der Waals surface area contributed by atoms with E-state index < -0.39 is 0 Å². The van der Waals surface area contributed by atoms with Crippen LogP contribution in [0.5, 0.6) is 0 Å². The molecule has 0 unspecified atom stereocenters. The molecular weight excluding hydrogens is 476 g/mol. The van der Waals surface area contributed by atoms with E-state index in [1.54, 1.807) is 17.9 Å². The van der Waals surface area contributed by atoms with Gasteiger partial charge in [0, 0.05) is 32.4 Å². The standard InChI is InChI=1S/C30H28N6O2/c1-20-4-6-22(7-5-20)23-8-10-24(11-9-23)29-18-25(12-17-30(38)31-3)33-36(29)27-15-13-26(14-16-27)35-19-28(21(2)37)32-34-35/h4-11,13-16,18-19H,12,17H2,1-3H3,(H,31,38). The number of aryl methyl sites for hydroxylation is 2. The van der Waals surface area contributed by atoms with E-state index in [1.165, 1.54) is 18.1 Å². The molecule has 1 N–H and O–H groups in total. The molecule has 0 bridgehead atoms. The van der Waals surface area contributed by atoms with Gasteiger partial charge in [-0.05, 0) is 48.4 Å². The molecule has 0 saturated carbocycles. The van der Waals surface area contributed by atoms with E-state index in [1.807, 2.05) is 35.0 Å². The van der Waals surface area contributed by atoms with Gasteiger partial charge in [0.05, 0.1) is 29.0 Å². The lowest BCUT2D eigenvalue weighted by molar-refractivity contribution is -0.120. The molecule has 0 aliphatic heterocycles. The molecule has 1 amide bonds. The van der Waals surface area contributed by atoms with E-state index in [4.69, 9.17) is 5.10 Å². The summed E-state index contributed by atoms with van der Waals surface area (Å²) in [6.45, 7) is 3.54. The van der Waals surface area contributed by atoms with Crippen molar-refractivity contribution in [3.8, 4) is 33.8 Å². The van der Waals surface area contributed by atoms with E-state index in [0.717, 1.165) is 33.9 Å². The molecule has 3 aromatic carbocycles. The molecule has 0 saturated heterocycles. The van der Waals surface area contributed by atoms with Crippen LogP contribution in [0.2, 0.25) is 0 Å². The molecule has 0 atom stereocenters. The van der Waals surface area contributed by atoms with Crippen LogP contribution in [0.1, 0.15) is 35.1 Å². The van der Waals surface area contributed by atoms with Crippen LogP contribution in [0.4, 0.5) is 0 Å². The molecule has 0 radical (unpaired) electrons. The molecule has 8 nitrogen and oxygen atoms in total. The van der Waals surface area contributed by atoms with Crippen LogP contribution in [0, 0.1) is 6.92 Å². The maximum Gasteiger partial charge on any atom is 0.220 e. The molecule has 0 aliphatic rings. The minimum Gasteiger partial charge on any atom is -0.359 e. The minimum atomic E-state index is -0.133. The van der Waals surface area contributed by atoms with E-state index in [-0.39, 0.29) is 11.7 Å². The topological polar surface area (TPSA) is 94.7 Å². The predicted molar refractivity (Wildman–Crippen MR) is 146 cm³/mol. The summed E-state index contributed by atoms with van der Waals surface area (Å²) in [5.41, 5.74) is 8.28. The first-order valence-electron chi connectivity index (χ1n) is 12.4. The van der Waals surface area contributed by atoms with Crippen LogP contribution >= 0.6 is 0 Å². The van der Waals surface area contributed by atoms with Gasteiger partial charge < -0.3 is 5.32 Å². The van der Waals surface area contributed by atoms with E-state index >= 15 is 0 Å². The van der Waals surface area contributed by atoms with Crippen LogP contribution in [-0.2, 0) is 11.2 Å². The number of Topliss-reactive ketones (excluding diaryl/α,β-unsaturated/α-hetero) is 1. The Morgan fingerprint density at radius 2 is 1.45 bits per heavy atom. The van der Waals surface area contributed by atoms with Crippen molar-refractivity contribution >= 4 is 11.7 Å². The second-order valence-electron chi connectivity index (χ2n) is 9.17. The summed E-state index contributed by atoms with van der Waals surface area (Å²) in [6.07, 6.45) is 2.51. The van der Waals surface area contributed by atoms with Crippen LogP contribution in [-0.4, -0.2) is 43.5 Å². The van der Waals surface area contributed by atoms with E-state index in [2.05, 4.69) is 71.1 Å². The first-order chi connectivity index (χ1) is 18.4. The highest BCUT2D eigenvalue weighted by Gasteiger charge is 2.14. The predicted octanol–water partition coefficient (Wildman–Crippen LogP) is 4.98. The van der Waals surface area contributed by atoms with Gasteiger partial charge in [-0.2, -0.15) is 5.10 Å². The summed E-state index contributed by atoms with van der Waals surface area (Å²) < 4.78 is 3.47. The quantitative estimate of drug-likeness (QED) is 0.301. The smallest absolute Gasteiger partial charge is 0.220 e. The molecule has 5 aromatic rings. The number of ketones is 1. The van der Waals surface area contributed by atoms with Crippen molar-refractivity contribution in [3.63, 3.8) is 0 Å². The normalized spacial score (nSPS) is 10.9. The fourth-order valence-electron chi connectivity index (χ4n) is 4.20. The van der Waals surface area contributed by atoms with Gasteiger partial charge in [0.25, 0.3) is 0 Å². The molecule has 2 aromatic heterocycles. The van der Waals surface area contributed by atoms with Gasteiger partial charge in [0.2, 0.25) is 5.91 Å². The van der Waals surface area contributed by atoms with Crippen LogP contribution < -0.4 is 5.32 Å². The number of benzene rings is 3. The summed E-state index contributed by atoms with van der Waals surface area (Å²) >= 11 is 0. The van der Waals surface area contributed by atoms with Crippen molar-refractivity contribution in [2.75, 3.05) is 7.05 Å². The number of hydrogen-bond donors (Lipinski definition) is 1. The van der Waals surface area contributed by atoms with Crippen LogP contribution in [0.3, 0.4) is 0 Å². The molecule has 0 fully saturated rings. The van der Waals surface area contributed by atoms with Crippen molar-refractivity contribution in [2.24, 2.45) is 0 Å². The van der Waals surface area contributed by atoms with Crippen molar-refractivity contribution in [1.29, 1.82) is 0 Å². The lowest BCUT2D eigenvalue weighted by Gasteiger charge is -2.10. The first kappa shape index (κ1) is 24.8. The number of nitrogens with zero attached hydrogens (tertiary/aromatic N) is 5. The second-order valence-corrected chi connectivity index (χ2v) is 9.17. The Kier molecular flexibility index (Phi) is 6.95. The Morgan fingerprint density at radius 3 is 2.05 bits per heavy atom. The van der Waals surface area contributed by atoms with Gasteiger partial charge in [-0.25, -0.2) is 9.36 Å². The monoisotopic (exact) mass is 504 g/mol. The van der Waals surface area contributed by atoms with Gasteiger partial charge in [-0.15, -0.1) is 5.10 Å². The largest absolute Gasteiger partial charge is 0.359 e. The van der Waals surface area contributed by atoms with Crippen molar-refractivity contribution in [1.82, 2.24) is 30.1 Å². The molecule has 0 aliphatic carbocycles. The van der Waals surface area contributed by atoms with Crippen molar-refractivity contribution in [3.05, 3.63) is 102 Å². The summed E-state index contributed by atoms with van der Waals surface area (Å²) in [5, 5.41) is 15.5. The fourth-order valence-corrected chi connectivity index (χ4v) is 4.20. The maximum absolute atomic E-state index is 11.8. The third kappa shape index (κ3) is 5.29. The van der Waals surface area contributed by atoms with Crippen molar-refractivity contribution in [2.45, 2.75) is 26.7 Å². The summed E-state index contributed by atoms with van der Waals surface area (Å²) in [7, 11) is 1.64. The van der Waals surface area contributed by atoms with Crippen molar-refractivity contribution < 1.29 is 9.59 Å². The number of rotatable bonds is 8. The van der Waals surface area contributed by atoms with Gasteiger partial charge in [-0.3, -0.25) is 9.59 Å². The van der Waals surface area contributed by atoms with Crippen LogP contribution in [0.15, 0.2) is 85.1 Å². The molecular formula is C30H28N6O2. The Balaban J connectivity index is 1.48. The molecule has 5 rings (SSSR count). The molecule has 8 heteroatoms. The zero-order valence-electron chi connectivity index (χ0n) is 21.5. The first-order valence-corrected chi connectivity index (χ1v) is 12.4. The summed E-state index contributed by atoms with van der Waals surface area (Å²) in [6, 6.07) is 26.6. The molecule has 2 heterocycles. The Morgan fingerprint density at radius 1 is 0.842 bits per heavy atom. The molecule has 190 valence electrons. The van der Waals surface area contributed by atoms with Crippen LogP contribution in [0.25, 0.3) is 33.8 Å². The van der Waals surface area contributed by atoms with E-state index in [0.29, 0.717) is 18.5 Å². The van der Waals surface area contributed by atoms with E-state index in [9.17, 15) is 9.59 Å². The third-order valence-corrected chi connectivity index (χ3v) is 6.43. The number of carbonyl (C=O) groups excluding carboxylic acids is 2. The highest BCUT2D eigenvalue weighted by Crippen LogP contribution is 2.28. The Bertz CT molecular complexity index is 1580. The highest BCUT2D eigenvalue weighted by atomic mass is 16.1. The average molecular weight is 505 g/mol. The molecule has 0 spiro atoms. The number of aromatic nitrogens is 5. The SMILES string of the molecule is CNC(=O)CCc1cc(-c2ccc(-c3ccc(C)cc3)cc2)n(-c2ccc(-n3cc(C(C)=O)nn3)cc2)n1. The Labute approximate surface area is 220 Å². The van der Waals surface area contributed by atoms with Gasteiger partial charge in [-0.1, -0.05) is 59.3 Å². The molecule has 38 heavy (non-hydrogen) atoms. The third-order valence-electron chi connectivity index (χ3n) is 6.43. The number of amides is 1. The van der Waals surface area contributed by atoms with Gasteiger partial charge >= 0.3 is 0 Å². The average Bonchev–Trinajstić information content (AvgIpc) is 3.61.